The van der Waals surface area contributed by atoms with E-state index in [1.807, 2.05) is 31.2 Å². The van der Waals surface area contributed by atoms with E-state index < -0.39 is 0 Å². The van der Waals surface area contributed by atoms with Crippen molar-refractivity contribution in [3.63, 3.8) is 0 Å². The fraction of sp³-hybridized carbons (Fsp3) is 0.348. The van der Waals surface area contributed by atoms with Gasteiger partial charge in [-0.15, -0.1) is 0 Å². The van der Waals surface area contributed by atoms with E-state index in [4.69, 9.17) is 13.9 Å². The molecule has 5 rings (SSSR count). The third-order valence-electron chi connectivity index (χ3n) is 6.01. The third-order valence-corrected chi connectivity index (χ3v) is 6.01. The molecule has 138 valence electrons. The van der Waals surface area contributed by atoms with Gasteiger partial charge in [-0.3, -0.25) is 4.79 Å². The van der Waals surface area contributed by atoms with Crippen LogP contribution in [0, 0.1) is 26.7 Å². The first-order valence-corrected chi connectivity index (χ1v) is 9.47. The molecule has 0 N–H and O–H groups in total. The minimum absolute atomic E-state index is 0.00944. The van der Waals surface area contributed by atoms with Gasteiger partial charge in [0.2, 0.25) is 11.7 Å². The summed E-state index contributed by atoms with van der Waals surface area (Å²) in [5, 5.41) is 0.628. The van der Waals surface area contributed by atoms with E-state index in [-0.39, 0.29) is 11.7 Å². The smallest absolute Gasteiger partial charge is 0.203 e. The first-order valence-electron chi connectivity index (χ1n) is 9.47. The number of aryl methyl sites for hydroxylation is 3. The van der Waals surface area contributed by atoms with Gasteiger partial charge in [0.05, 0.1) is 17.6 Å². The lowest BCUT2D eigenvalue weighted by molar-refractivity contribution is -0.0701. The number of fused-ring (bicyclic) bond motifs is 3. The molecule has 1 saturated heterocycles. The van der Waals surface area contributed by atoms with Crippen LogP contribution in [0.2, 0.25) is 0 Å². The van der Waals surface area contributed by atoms with Crippen molar-refractivity contribution in [2.75, 3.05) is 6.61 Å². The molecule has 4 heteroatoms. The lowest BCUT2D eigenvalue weighted by Crippen LogP contribution is -2.30. The quantitative estimate of drug-likeness (QED) is 0.630. The average Bonchev–Trinajstić information content (AvgIpc) is 3.11. The topological polar surface area (TPSA) is 48.7 Å². The molecular weight excluding hydrogens is 340 g/mol. The van der Waals surface area contributed by atoms with Gasteiger partial charge in [-0.25, -0.2) is 0 Å². The molecule has 3 heterocycles. The second-order valence-corrected chi connectivity index (χ2v) is 7.75. The van der Waals surface area contributed by atoms with Crippen LogP contribution < -0.4 is 10.2 Å². The van der Waals surface area contributed by atoms with Crippen molar-refractivity contribution >= 4 is 11.0 Å². The van der Waals surface area contributed by atoms with Gasteiger partial charge in [-0.05, 0) is 61.9 Å². The predicted molar refractivity (Wildman–Crippen MR) is 104 cm³/mol. The van der Waals surface area contributed by atoms with Crippen molar-refractivity contribution in [3.8, 4) is 16.9 Å². The SMILES string of the molecule is Cc1ccc(-c2coc3c(C)c4c(cc3c2=O)C[C@@H]2CCO[C@@H]2O4)cc1C. The van der Waals surface area contributed by atoms with Gasteiger partial charge in [-0.2, -0.15) is 0 Å². The van der Waals surface area contributed by atoms with Gasteiger partial charge in [0.15, 0.2) is 0 Å². The van der Waals surface area contributed by atoms with Gasteiger partial charge in [-0.1, -0.05) is 18.2 Å². The largest absolute Gasteiger partial charge is 0.464 e. The van der Waals surface area contributed by atoms with Gasteiger partial charge in [0.25, 0.3) is 0 Å². The van der Waals surface area contributed by atoms with E-state index in [1.165, 1.54) is 5.56 Å². The fourth-order valence-corrected chi connectivity index (χ4v) is 4.25. The van der Waals surface area contributed by atoms with Crippen molar-refractivity contribution < 1.29 is 13.9 Å². The lowest BCUT2D eigenvalue weighted by Gasteiger charge is -2.29. The van der Waals surface area contributed by atoms with Gasteiger partial charge in [0.1, 0.15) is 17.6 Å². The summed E-state index contributed by atoms with van der Waals surface area (Å²) in [6.45, 7) is 6.81. The molecule has 2 atom stereocenters. The Balaban J connectivity index is 1.70. The van der Waals surface area contributed by atoms with Crippen LogP contribution in [-0.2, 0) is 11.2 Å². The lowest BCUT2D eigenvalue weighted by atomic mass is 9.91. The van der Waals surface area contributed by atoms with Crippen LogP contribution in [0.3, 0.4) is 0 Å². The summed E-state index contributed by atoms with van der Waals surface area (Å²) in [7, 11) is 0. The van der Waals surface area contributed by atoms with E-state index in [1.54, 1.807) is 6.26 Å². The highest BCUT2D eigenvalue weighted by Gasteiger charge is 2.36. The Morgan fingerprint density at radius 1 is 1.07 bits per heavy atom. The average molecular weight is 362 g/mol. The first-order chi connectivity index (χ1) is 13.0. The molecule has 0 spiro atoms. The molecule has 3 aromatic rings. The number of hydrogen-bond donors (Lipinski definition) is 0. The zero-order chi connectivity index (χ0) is 18.7. The summed E-state index contributed by atoms with van der Waals surface area (Å²) in [6.07, 6.45) is 3.28. The molecule has 0 aliphatic carbocycles. The molecular formula is C23H22O4. The predicted octanol–water partition coefficient (Wildman–Crippen LogP) is 4.68. The second-order valence-electron chi connectivity index (χ2n) is 7.75. The Hall–Kier alpha value is -2.59. The highest BCUT2D eigenvalue weighted by atomic mass is 16.7. The van der Waals surface area contributed by atoms with E-state index in [9.17, 15) is 4.79 Å². The van der Waals surface area contributed by atoms with Crippen LogP contribution in [0.4, 0.5) is 0 Å². The highest BCUT2D eigenvalue weighted by Crippen LogP contribution is 2.41. The molecule has 27 heavy (non-hydrogen) atoms. The van der Waals surface area contributed by atoms with Gasteiger partial charge in [0, 0.05) is 11.5 Å². The number of ether oxygens (including phenoxy) is 2. The molecule has 1 aromatic heterocycles. The molecule has 2 aliphatic heterocycles. The molecule has 0 unspecified atom stereocenters. The Bertz CT molecular complexity index is 1130. The summed E-state index contributed by atoms with van der Waals surface area (Å²) in [6, 6.07) is 8.03. The maximum atomic E-state index is 13.3. The minimum Gasteiger partial charge on any atom is -0.464 e. The van der Waals surface area contributed by atoms with Crippen molar-refractivity contribution in [2.45, 2.75) is 39.9 Å². The summed E-state index contributed by atoms with van der Waals surface area (Å²) >= 11 is 0. The Morgan fingerprint density at radius 3 is 2.74 bits per heavy atom. The van der Waals surface area contributed by atoms with Crippen molar-refractivity contribution in [3.05, 3.63) is 63.0 Å². The fourth-order valence-electron chi connectivity index (χ4n) is 4.25. The second kappa shape index (κ2) is 5.96. The molecule has 2 aliphatic rings. The van der Waals surface area contributed by atoms with E-state index in [0.717, 1.165) is 47.5 Å². The molecule has 1 fully saturated rings. The van der Waals surface area contributed by atoms with Crippen LogP contribution >= 0.6 is 0 Å². The van der Waals surface area contributed by atoms with Gasteiger partial charge >= 0.3 is 0 Å². The summed E-state index contributed by atoms with van der Waals surface area (Å²) in [5.74, 6) is 1.18. The number of benzene rings is 2. The maximum Gasteiger partial charge on any atom is 0.203 e. The van der Waals surface area contributed by atoms with E-state index >= 15 is 0 Å². The number of rotatable bonds is 1. The van der Waals surface area contributed by atoms with Crippen molar-refractivity contribution in [2.24, 2.45) is 5.92 Å². The monoisotopic (exact) mass is 362 g/mol. The van der Waals surface area contributed by atoms with Crippen molar-refractivity contribution in [1.29, 1.82) is 0 Å². The standard InChI is InChI=1S/C23H22O4/c1-12-4-5-15(8-13(12)2)19-11-26-22-14(3)21-17(10-18(22)20(19)24)9-16-6-7-25-23(16)27-21/h4-5,8,10-11,16,23H,6-7,9H2,1-3H3/t16-,23+/m0/s1. The molecule has 4 nitrogen and oxygen atoms in total. The van der Waals surface area contributed by atoms with Crippen molar-refractivity contribution in [1.82, 2.24) is 0 Å². The van der Waals surface area contributed by atoms with E-state index in [0.29, 0.717) is 22.5 Å². The third kappa shape index (κ3) is 2.51. The van der Waals surface area contributed by atoms with E-state index in [2.05, 4.69) is 13.8 Å². The Kier molecular flexibility index (Phi) is 3.66. The zero-order valence-corrected chi connectivity index (χ0v) is 15.8. The first kappa shape index (κ1) is 16.6. The Labute approximate surface area is 157 Å². The van der Waals surface area contributed by atoms with Crippen LogP contribution in [-0.4, -0.2) is 12.9 Å². The maximum absolute atomic E-state index is 13.3. The van der Waals surface area contributed by atoms with Crippen LogP contribution in [0.1, 0.15) is 28.7 Å². The molecule has 0 bridgehead atoms. The Morgan fingerprint density at radius 2 is 1.93 bits per heavy atom. The molecule has 2 aromatic carbocycles. The van der Waals surface area contributed by atoms with Crippen LogP contribution in [0.5, 0.6) is 5.75 Å². The minimum atomic E-state index is -0.171. The van der Waals surface area contributed by atoms with Crippen LogP contribution in [0.25, 0.3) is 22.1 Å². The normalized spacial score (nSPS) is 21.0. The summed E-state index contributed by atoms with van der Waals surface area (Å²) in [5.41, 5.74) is 6.43. The van der Waals surface area contributed by atoms with Crippen LogP contribution in [0.15, 0.2) is 39.7 Å². The summed E-state index contributed by atoms with van der Waals surface area (Å²) in [4.78, 5) is 13.3. The highest BCUT2D eigenvalue weighted by molar-refractivity contribution is 5.87. The van der Waals surface area contributed by atoms with Gasteiger partial charge < -0.3 is 13.9 Å². The molecule has 0 saturated carbocycles. The summed E-state index contributed by atoms with van der Waals surface area (Å²) < 4.78 is 17.7. The number of hydrogen-bond acceptors (Lipinski definition) is 4. The molecule has 0 radical (unpaired) electrons. The zero-order valence-electron chi connectivity index (χ0n) is 15.8. The molecule has 0 amide bonds.